The monoisotopic (exact) mass is 518 g/mol. The maximum Gasteiger partial charge on any atom is 0.278 e. The van der Waals surface area contributed by atoms with E-state index in [0.717, 1.165) is 33.8 Å². The molecule has 34 heavy (non-hydrogen) atoms. The Morgan fingerprint density at radius 2 is 1.74 bits per heavy atom. The number of carbonyl (C=O) groups is 1. The summed E-state index contributed by atoms with van der Waals surface area (Å²) in [5, 5.41) is 4.78. The number of methoxy groups -OCH3 is 1. The average molecular weight is 519 g/mol. The highest BCUT2D eigenvalue weighted by atomic mass is 32.2. The number of anilines is 2. The second kappa shape index (κ2) is 11.0. The molecule has 0 saturated carbocycles. The fourth-order valence-corrected chi connectivity index (χ4v) is 5.07. The minimum atomic E-state index is -3.25. The van der Waals surface area contributed by atoms with E-state index in [2.05, 4.69) is 10.3 Å². The lowest BCUT2D eigenvalue weighted by Crippen LogP contribution is -2.37. The Morgan fingerprint density at radius 3 is 2.29 bits per heavy atom. The number of hydrogen-bond acceptors (Lipinski definition) is 8. The quantitative estimate of drug-likeness (QED) is 0.265. The number of nitrogens with zero attached hydrogens (tertiary/aromatic N) is 2. The topological polar surface area (TPSA) is 115 Å². The van der Waals surface area contributed by atoms with Crippen LogP contribution < -0.4 is 16.2 Å². The Labute approximate surface area is 208 Å². The molecule has 3 aromatic rings. The molecule has 2 aromatic carbocycles. The van der Waals surface area contributed by atoms with Crippen molar-refractivity contribution in [3.05, 3.63) is 70.2 Å². The Morgan fingerprint density at radius 1 is 1.12 bits per heavy atom. The molecule has 0 radical (unpaired) electrons. The van der Waals surface area contributed by atoms with Crippen LogP contribution in [0.2, 0.25) is 0 Å². The number of nitrogens with two attached hydrogens (primary N) is 1. The third kappa shape index (κ3) is 6.83. The van der Waals surface area contributed by atoms with Gasteiger partial charge in [0.2, 0.25) is 5.91 Å². The van der Waals surface area contributed by atoms with Gasteiger partial charge in [0.05, 0.1) is 23.4 Å². The zero-order valence-corrected chi connectivity index (χ0v) is 21.5. The normalized spacial score (nSPS) is 11.2. The molecule has 1 heterocycles. The van der Waals surface area contributed by atoms with Gasteiger partial charge in [-0.15, -0.1) is 11.3 Å². The lowest BCUT2D eigenvalue weighted by atomic mass is 10.0. The van der Waals surface area contributed by atoms with Gasteiger partial charge in [-0.25, -0.2) is 24.3 Å². The molecule has 0 unspecified atom stereocenters. The molecule has 0 spiro atoms. The predicted octanol–water partition coefficient (Wildman–Crippen LogP) is 3.49. The summed E-state index contributed by atoms with van der Waals surface area (Å²) < 4.78 is 28.4. The van der Waals surface area contributed by atoms with E-state index in [4.69, 9.17) is 22.8 Å². The first-order chi connectivity index (χ1) is 16.1. The number of carbonyl (C=O) groups excluding carboxylic acids is 1. The van der Waals surface area contributed by atoms with Gasteiger partial charge >= 0.3 is 0 Å². The molecule has 1 amide bonds. The number of nitrogens with one attached hydrogen (secondary N) is 1. The van der Waals surface area contributed by atoms with Crippen molar-refractivity contribution in [2.45, 2.75) is 31.1 Å². The fourth-order valence-electron chi connectivity index (χ4n) is 3.25. The van der Waals surface area contributed by atoms with E-state index in [-0.39, 0.29) is 16.0 Å². The van der Waals surface area contributed by atoms with E-state index in [1.54, 1.807) is 24.3 Å². The molecule has 180 valence electrons. The van der Waals surface area contributed by atoms with Crippen LogP contribution in [0.25, 0.3) is 0 Å². The van der Waals surface area contributed by atoms with Crippen LogP contribution in [0.3, 0.4) is 0 Å². The van der Waals surface area contributed by atoms with Crippen LogP contribution in [-0.2, 0) is 38.6 Å². The van der Waals surface area contributed by atoms with E-state index < -0.39 is 9.84 Å². The summed E-state index contributed by atoms with van der Waals surface area (Å²) in [6.07, 6.45) is 3.19. The van der Waals surface area contributed by atoms with Crippen molar-refractivity contribution in [1.29, 1.82) is 0 Å². The van der Waals surface area contributed by atoms with Crippen molar-refractivity contribution < 1.29 is 17.9 Å². The van der Waals surface area contributed by atoms with Crippen LogP contribution in [0.15, 0.2) is 53.4 Å². The zero-order valence-electron chi connectivity index (χ0n) is 19.1. The molecule has 0 bridgehead atoms. The third-order valence-corrected chi connectivity index (χ3v) is 7.52. The molecule has 8 nitrogen and oxygen atoms in total. The van der Waals surface area contributed by atoms with Crippen molar-refractivity contribution in [1.82, 2.24) is 4.98 Å². The predicted molar refractivity (Wildman–Crippen MR) is 139 cm³/mol. The number of sulfone groups is 1. The van der Waals surface area contributed by atoms with E-state index in [9.17, 15) is 13.2 Å². The number of rotatable bonds is 8. The van der Waals surface area contributed by atoms with Gasteiger partial charge in [0.1, 0.15) is 0 Å². The first-order valence-electron chi connectivity index (χ1n) is 10.3. The Hall–Kier alpha value is -2.86. The van der Waals surface area contributed by atoms with Gasteiger partial charge in [0.25, 0.3) is 5.17 Å². The van der Waals surface area contributed by atoms with E-state index in [1.807, 2.05) is 24.3 Å². The van der Waals surface area contributed by atoms with Gasteiger partial charge in [0.15, 0.2) is 15.0 Å². The molecule has 1 aromatic heterocycles. The summed E-state index contributed by atoms with van der Waals surface area (Å²) in [6.45, 7) is 1.45. The first-order valence-corrected chi connectivity index (χ1v) is 13.5. The van der Waals surface area contributed by atoms with Crippen LogP contribution in [0, 0.1) is 0 Å². The number of hydrogen-bond donors (Lipinski definition) is 2. The first kappa shape index (κ1) is 25.8. The molecule has 11 heteroatoms. The highest BCUT2D eigenvalue weighted by Crippen LogP contribution is 2.28. The second-order valence-electron chi connectivity index (χ2n) is 7.67. The zero-order chi connectivity index (χ0) is 24.9. The summed E-state index contributed by atoms with van der Waals surface area (Å²) in [5.41, 5.74) is 3.67. The highest BCUT2D eigenvalue weighted by Gasteiger charge is 2.14. The van der Waals surface area contributed by atoms with Crippen LogP contribution in [0.1, 0.15) is 28.6 Å². The smallest absolute Gasteiger partial charge is 0.278 e. The molecule has 0 aliphatic carbocycles. The molecule has 0 fully saturated rings. The SMILES string of the molecule is COC(=S)N(N)c1ccc(CCc2nc(NC(C)=O)sc2Cc2ccc(S(C)(=O)=O)cc2)cc1. The highest BCUT2D eigenvalue weighted by molar-refractivity contribution is 7.90. The van der Waals surface area contributed by atoms with Gasteiger partial charge in [-0.2, -0.15) is 0 Å². The van der Waals surface area contributed by atoms with Crippen molar-refractivity contribution in [2.24, 2.45) is 5.84 Å². The van der Waals surface area contributed by atoms with Gasteiger partial charge in [-0.3, -0.25) is 4.79 Å². The van der Waals surface area contributed by atoms with Crippen LogP contribution in [0.5, 0.6) is 0 Å². The van der Waals surface area contributed by atoms with Gasteiger partial charge in [-0.1, -0.05) is 24.3 Å². The number of ether oxygens (including phenoxy) is 1. The largest absolute Gasteiger partial charge is 0.473 e. The number of thiazole rings is 1. The summed E-state index contributed by atoms with van der Waals surface area (Å²) in [5.74, 6) is 5.74. The molecular formula is C23H26N4O4S3. The van der Waals surface area contributed by atoms with Crippen LogP contribution in [0.4, 0.5) is 10.8 Å². The minimum Gasteiger partial charge on any atom is -0.473 e. The number of thiocarbonyl (C=S) groups is 1. The summed E-state index contributed by atoms with van der Waals surface area (Å²) in [7, 11) is -1.78. The molecular weight excluding hydrogens is 492 g/mol. The number of amides is 1. The summed E-state index contributed by atoms with van der Waals surface area (Å²) in [4.78, 5) is 17.5. The Kier molecular flexibility index (Phi) is 8.37. The van der Waals surface area contributed by atoms with Gasteiger partial charge < -0.3 is 10.1 Å². The van der Waals surface area contributed by atoms with Crippen LogP contribution >= 0.6 is 23.6 Å². The van der Waals surface area contributed by atoms with Crippen molar-refractivity contribution in [2.75, 3.05) is 23.7 Å². The summed E-state index contributed by atoms with van der Waals surface area (Å²) >= 11 is 6.47. The lowest BCUT2D eigenvalue weighted by Gasteiger charge is -2.17. The number of aryl methyl sites for hydroxylation is 2. The average Bonchev–Trinajstić information content (AvgIpc) is 3.16. The van der Waals surface area contributed by atoms with Crippen LogP contribution in [-0.4, -0.2) is 37.8 Å². The molecule has 0 atom stereocenters. The maximum absolute atomic E-state index is 11.7. The van der Waals surface area contributed by atoms with E-state index in [0.29, 0.717) is 18.0 Å². The van der Waals surface area contributed by atoms with E-state index in [1.165, 1.54) is 36.6 Å². The van der Waals surface area contributed by atoms with Crippen molar-refractivity contribution in [3.8, 4) is 0 Å². The fraction of sp³-hybridized carbons (Fsp3) is 0.261. The molecule has 3 rings (SSSR count). The standard InChI is InChI=1S/C23H26N4O4S3/c1-15(28)25-22-26-20(13-8-16-4-9-18(10-5-16)27(24)23(32)31-2)21(33-22)14-17-6-11-19(12-7-17)34(3,29)30/h4-7,9-12H,8,13-14,24H2,1-3H3,(H,25,26,28). The second-order valence-corrected chi connectivity index (χ2v) is 11.1. The minimum absolute atomic E-state index is 0.176. The Bertz CT molecular complexity index is 1270. The Balaban J connectivity index is 1.76. The molecule has 0 aliphatic rings. The number of aromatic nitrogens is 1. The van der Waals surface area contributed by atoms with Crippen molar-refractivity contribution >= 4 is 55.3 Å². The molecule has 0 saturated heterocycles. The van der Waals surface area contributed by atoms with Gasteiger partial charge in [0, 0.05) is 24.5 Å². The van der Waals surface area contributed by atoms with Gasteiger partial charge in [-0.05, 0) is 60.5 Å². The third-order valence-electron chi connectivity index (χ3n) is 5.01. The molecule has 0 aliphatic heterocycles. The molecule has 3 N–H and O–H groups in total. The number of benzene rings is 2. The maximum atomic E-state index is 11.7. The van der Waals surface area contributed by atoms with Crippen molar-refractivity contribution in [3.63, 3.8) is 0 Å². The number of hydrazine groups is 1. The van der Waals surface area contributed by atoms with E-state index >= 15 is 0 Å². The lowest BCUT2D eigenvalue weighted by molar-refractivity contribution is -0.114. The summed E-state index contributed by atoms with van der Waals surface area (Å²) in [6, 6.07) is 14.5.